The molecule has 12 heavy (non-hydrogen) atoms. The minimum absolute atomic E-state index is 0.327. The molecule has 1 rings (SSSR count). The second-order valence-corrected chi connectivity index (χ2v) is 3.66. The fraction of sp³-hybridized carbons (Fsp3) is 0.333. The van der Waals surface area contributed by atoms with Crippen LogP contribution in [0.1, 0.15) is 6.42 Å². The average molecular weight is 183 g/mol. The summed E-state index contributed by atoms with van der Waals surface area (Å²) in [6.07, 6.45) is 1.01. The highest BCUT2D eigenvalue weighted by Gasteiger charge is 1.93. The Labute approximate surface area is 76.8 Å². The largest absolute Gasteiger partial charge is 0.508 e. The van der Waals surface area contributed by atoms with E-state index in [-0.39, 0.29) is 0 Å². The molecule has 0 aromatic heterocycles. The van der Waals surface area contributed by atoms with Crippen LogP contribution in [0.5, 0.6) is 5.75 Å². The summed E-state index contributed by atoms with van der Waals surface area (Å²) in [7, 11) is 0. The van der Waals surface area contributed by atoms with E-state index < -0.39 is 0 Å². The van der Waals surface area contributed by atoms with Gasteiger partial charge < -0.3 is 10.8 Å². The van der Waals surface area contributed by atoms with Crippen LogP contribution in [-0.2, 0) is 0 Å². The summed E-state index contributed by atoms with van der Waals surface area (Å²) < 4.78 is 0. The monoisotopic (exact) mass is 183 g/mol. The molecule has 1 aromatic rings. The lowest BCUT2D eigenvalue weighted by molar-refractivity contribution is 0.474. The molecule has 0 amide bonds. The first kappa shape index (κ1) is 9.42. The molecular formula is C9H13NOS. The smallest absolute Gasteiger partial charge is 0.116 e. The van der Waals surface area contributed by atoms with Gasteiger partial charge in [-0.1, -0.05) is 6.07 Å². The van der Waals surface area contributed by atoms with Crippen molar-refractivity contribution in [3.8, 4) is 5.75 Å². The van der Waals surface area contributed by atoms with E-state index >= 15 is 0 Å². The van der Waals surface area contributed by atoms with Crippen molar-refractivity contribution in [3.05, 3.63) is 24.3 Å². The number of phenolic OH excluding ortho intramolecular Hbond substituents is 1. The number of rotatable bonds is 4. The molecule has 0 radical (unpaired) electrons. The summed E-state index contributed by atoms with van der Waals surface area (Å²) in [6.45, 7) is 0.728. The van der Waals surface area contributed by atoms with Gasteiger partial charge in [0, 0.05) is 4.90 Å². The Morgan fingerprint density at radius 3 is 2.92 bits per heavy atom. The van der Waals surface area contributed by atoms with E-state index in [2.05, 4.69) is 0 Å². The first-order chi connectivity index (χ1) is 5.83. The number of nitrogens with two attached hydrogens (primary N) is 1. The zero-order valence-corrected chi connectivity index (χ0v) is 7.68. The molecule has 0 saturated heterocycles. The van der Waals surface area contributed by atoms with Gasteiger partial charge in [-0.05, 0) is 36.9 Å². The van der Waals surface area contributed by atoms with Crippen LogP contribution in [0, 0.1) is 0 Å². The number of hydrogen-bond donors (Lipinski definition) is 2. The van der Waals surface area contributed by atoms with Crippen molar-refractivity contribution in [3.63, 3.8) is 0 Å². The highest BCUT2D eigenvalue weighted by atomic mass is 32.2. The molecule has 0 saturated carbocycles. The molecule has 0 spiro atoms. The molecule has 3 N–H and O–H groups in total. The van der Waals surface area contributed by atoms with Crippen LogP contribution in [0.4, 0.5) is 0 Å². The number of benzene rings is 1. The molecule has 0 heterocycles. The average Bonchev–Trinajstić information content (AvgIpc) is 2.05. The summed E-state index contributed by atoms with van der Waals surface area (Å²) in [4.78, 5) is 1.10. The highest BCUT2D eigenvalue weighted by molar-refractivity contribution is 7.99. The number of aromatic hydroxyl groups is 1. The minimum atomic E-state index is 0.327. The van der Waals surface area contributed by atoms with E-state index in [9.17, 15) is 0 Å². The van der Waals surface area contributed by atoms with Gasteiger partial charge in [0.2, 0.25) is 0 Å². The van der Waals surface area contributed by atoms with Crippen LogP contribution in [0.2, 0.25) is 0 Å². The van der Waals surface area contributed by atoms with Gasteiger partial charge in [0.15, 0.2) is 0 Å². The van der Waals surface area contributed by atoms with Crippen LogP contribution in [0.15, 0.2) is 29.2 Å². The van der Waals surface area contributed by atoms with E-state index in [4.69, 9.17) is 10.8 Å². The molecule has 0 atom stereocenters. The van der Waals surface area contributed by atoms with E-state index in [1.165, 1.54) is 0 Å². The van der Waals surface area contributed by atoms with Gasteiger partial charge in [-0.25, -0.2) is 0 Å². The standard InChI is InChI=1S/C9H13NOS/c10-5-2-6-12-9-4-1-3-8(11)7-9/h1,3-4,7,11H,2,5-6,10H2. The van der Waals surface area contributed by atoms with Gasteiger partial charge in [0.05, 0.1) is 0 Å². The summed E-state index contributed by atoms with van der Waals surface area (Å²) in [5, 5.41) is 9.13. The Kier molecular flexibility index (Phi) is 3.97. The second-order valence-electron chi connectivity index (χ2n) is 2.49. The third-order valence-corrected chi connectivity index (χ3v) is 2.51. The van der Waals surface area contributed by atoms with Crippen molar-refractivity contribution < 1.29 is 5.11 Å². The van der Waals surface area contributed by atoms with Crippen molar-refractivity contribution in [2.24, 2.45) is 5.73 Å². The minimum Gasteiger partial charge on any atom is -0.508 e. The maximum Gasteiger partial charge on any atom is 0.116 e. The van der Waals surface area contributed by atoms with Crippen molar-refractivity contribution >= 4 is 11.8 Å². The lowest BCUT2D eigenvalue weighted by atomic mass is 10.3. The summed E-state index contributed by atoms with van der Waals surface area (Å²) in [5.74, 6) is 1.34. The Balaban J connectivity index is 2.41. The second kappa shape index (κ2) is 5.06. The maximum atomic E-state index is 9.13. The first-order valence-corrected chi connectivity index (χ1v) is 4.93. The highest BCUT2D eigenvalue weighted by Crippen LogP contribution is 2.22. The van der Waals surface area contributed by atoms with Gasteiger partial charge in [0.25, 0.3) is 0 Å². The predicted octanol–water partition coefficient (Wildman–Crippen LogP) is 1.83. The van der Waals surface area contributed by atoms with Gasteiger partial charge in [0.1, 0.15) is 5.75 Å². The van der Waals surface area contributed by atoms with Crippen LogP contribution in [0.25, 0.3) is 0 Å². The van der Waals surface area contributed by atoms with Crippen molar-refractivity contribution in [2.75, 3.05) is 12.3 Å². The van der Waals surface area contributed by atoms with Crippen LogP contribution in [0.3, 0.4) is 0 Å². The molecule has 0 unspecified atom stereocenters. The number of thioether (sulfide) groups is 1. The van der Waals surface area contributed by atoms with Gasteiger partial charge in [-0.15, -0.1) is 11.8 Å². The topological polar surface area (TPSA) is 46.2 Å². The van der Waals surface area contributed by atoms with E-state index in [1.807, 2.05) is 12.1 Å². The number of hydrogen-bond acceptors (Lipinski definition) is 3. The van der Waals surface area contributed by atoms with E-state index in [0.29, 0.717) is 5.75 Å². The van der Waals surface area contributed by atoms with Crippen molar-refractivity contribution in [2.45, 2.75) is 11.3 Å². The van der Waals surface area contributed by atoms with Crippen molar-refractivity contribution in [1.29, 1.82) is 0 Å². The quantitative estimate of drug-likeness (QED) is 0.553. The molecule has 0 aliphatic heterocycles. The molecule has 0 fully saturated rings. The van der Waals surface area contributed by atoms with Crippen molar-refractivity contribution in [1.82, 2.24) is 0 Å². The predicted molar refractivity (Wildman–Crippen MR) is 52.5 cm³/mol. The Hall–Kier alpha value is -0.670. The molecule has 0 bridgehead atoms. The summed E-state index contributed by atoms with van der Waals surface area (Å²) in [6, 6.07) is 7.27. The molecular weight excluding hydrogens is 170 g/mol. The van der Waals surface area contributed by atoms with Gasteiger partial charge in [-0.3, -0.25) is 0 Å². The zero-order chi connectivity index (χ0) is 8.81. The molecule has 0 aliphatic rings. The molecule has 66 valence electrons. The van der Waals surface area contributed by atoms with E-state index in [0.717, 1.165) is 23.6 Å². The SMILES string of the molecule is NCCCSc1cccc(O)c1. The third kappa shape index (κ3) is 3.15. The Morgan fingerprint density at radius 2 is 2.25 bits per heavy atom. The normalized spacial score (nSPS) is 10.1. The van der Waals surface area contributed by atoms with Crippen LogP contribution >= 0.6 is 11.8 Å². The van der Waals surface area contributed by atoms with Crippen LogP contribution in [-0.4, -0.2) is 17.4 Å². The zero-order valence-electron chi connectivity index (χ0n) is 6.86. The molecule has 0 aliphatic carbocycles. The number of phenols is 1. The summed E-state index contributed by atoms with van der Waals surface area (Å²) >= 11 is 1.72. The molecule has 1 aromatic carbocycles. The maximum absolute atomic E-state index is 9.13. The van der Waals surface area contributed by atoms with Gasteiger partial charge >= 0.3 is 0 Å². The Bertz CT molecular complexity index is 240. The fourth-order valence-corrected chi connectivity index (χ4v) is 1.77. The van der Waals surface area contributed by atoms with Crippen LogP contribution < -0.4 is 5.73 Å². The lowest BCUT2D eigenvalue weighted by Gasteiger charge is -2.00. The van der Waals surface area contributed by atoms with Gasteiger partial charge in [-0.2, -0.15) is 0 Å². The third-order valence-electron chi connectivity index (χ3n) is 1.43. The molecule has 3 heteroatoms. The Morgan fingerprint density at radius 1 is 1.42 bits per heavy atom. The molecule has 2 nitrogen and oxygen atoms in total. The van der Waals surface area contributed by atoms with E-state index in [1.54, 1.807) is 23.9 Å². The first-order valence-electron chi connectivity index (χ1n) is 3.95. The lowest BCUT2D eigenvalue weighted by Crippen LogP contribution is -1.99. The summed E-state index contributed by atoms with van der Waals surface area (Å²) in [5.41, 5.74) is 5.36. The fourth-order valence-electron chi connectivity index (χ4n) is 0.847.